The molecule has 0 unspecified atom stereocenters. The number of H-pyrrole nitrogens is 1. The van der Waals surface area contributed by atoms with Gasteiger partial charge in [0.15, 0.2) is 5.43 Å². The van der Waals surface area contributed by atoms with Crippen LogP contribution in [0.1, 0.15) is 10.6 Å². The van der Waals surface area contributed by atoms with Gasteiger partial charge >= 0.3 is 0 Å². The van der Waals surface area contributed by atoms with Gasteiger partial charge in [0.1, 0.15) is 5.65 Å². The third-order valence-electron chi connectivity index (χ3n) is 2.48. The van der Waals surface area contributed by atoms with Gasteiger partial charge in [0.25, 0.3) is 0 Å². The molecule has 0 saturated heterocycles. The van der Waals surface area contributed by atoms with E-state index in [2.05, 4.69) is 16.4 Å². The van der Waals surface area contributed by atoms with Crippen LogP contribution in [0.4, 0.5) is 0 Å². The monoisotopic (exact) mass is 230 g/mol. The zero-order valence-corrected chi connectivity index (χ0v) is 9.33. The fraction of sp³-hybridized carbons (Fsp3) is 0.0833. The Morgan fingerprint density at radius 3 is 3.12 bits per heavy atom. The van der Waals surface area contributed by atoms with Gasteiger partial charge in [-0.15, -0.1) is 11.3 Å². The minimum Gasteiger partial charge on any atom is -0.343 e. The van der Waals surface area contributed by atoms with E-state index in [1.54, 1.807) is 29.7 Å². The van der Waals surface area contributed by atoms with Crippen LogP contribution in [-0.2, 0) is 6.42 Å². The molecular formula is C12H10N2OS. The van der Waals surface area contributed by atoms with E-state index in [0.29, 0.717) is 0 Å². The van der Waals surface area contributed by atoms with Gasteiger partial charge in [0, 0.05) is 41.5 Å². The SMILES string of the molecule is O=c1ccn2cc(Cc3cccs3)[nH]c2c1. The van der Waals surface area contributed by atoms with Crippen LogP contribution in [0.5, 0.6) is 0 Å². The van der Waals surface area contributed by atoms with Crippen molar-refractivity contribution in [2.75, 3.05) is 0 Å². The normalized spacial score (nSPS) is 11.0. The standard InChI is InChI=1S/C12H10N2OS/c15-10-3-4-14-8-9(13-12(14)7-10)6-11-2-1-5-16-11/h1-5,7-8,13H,6H2. The molecule has 0 aliphatic heterocycles. The molecule has 0 amide bonds. The lowest BCUT2D eigenvalue weighted by atomic mass is 10.3. The molecule has 0 atom stereocenters. The molecule has 0 saturated carbocycles. The Labute approximate surface area is 96.0 Å². The lowest BCUT2D eigenvalue weighted by Gasteiger charge is -1.91. The summed E-state index contributed by atoms with van der Waals surface area (Å²) in [5.74, 6) is 0. The predicted octanol–water partition coefficient (Wildman–Crippen LogP) is 2.28. The summed E-state index contributed by atoms with van der Waals surface area (Å²) in [5, 5.41) is 2.07. The smallest absolute Gasteiger partial charge is 0.183 e. The van der Waals surface area contributed by atoms with Gasteiger partial charge < -0.3 is 9.38 Å². The van der Waals surface area contributed by atoms with Gasteiger partial charge in [-0.1, -0.05) is 6.07 Å². The topological polar surface area (TPSA) is 37.3 Å². The number of imidazole rings is 1. The number of hydrogen-bond donors (Lipinski definition) is 1. The molecular weight excluding hydrogens is 220 g/mol. The Kier molecular flexibility index (Phi) is 2.15. The quantitative estimate of drug-likeness (QED) is 0.720. The van der Waals surface area contributed by atoms with Crippen molar-refractivity contribution < 1.29 is 0 Å². The molecule has 0 aliphatic rings. The minimum absolute atomic E-state index is 0.0320. The van der Waals surface area contributed by atoms with E-state index in [-0.39, 0.29) is 5.43 Å². The van der Waals surface area contributed by atoms with Crippen LogP contribution in [0.2, 0.25) is 0 Å². The molecule has 3 rings (SSSR count). The highest BCUT2D eigenvalue weighted by Crippen LogP contribution is 2.14. The van der Waals surface area contributed by atoms with E-state index in [4.69, 9.17) is 0 Å². The molecule has 0 spiro atoms. The maximum Gasteiger partial charge on any atom is 0.183 e. The van der Waals surface area contributed by atoms with E-state index < -0.39 is 0 Å². The number of aromatic amines is 1. The summed E-state index contributed by atoms with van der Waals surface area (Å²) in [7, 11) is 0. The van der Waals surface area contributed by atoms with Crippen molar-refractivity contribution in [2.45, 2.75) is 6.42 Å². The number of rotatable bonds is 2. The first-order valence-corrected chi connectivity index (χ1v) is 5.91. The molecule has 3 aromatic rings. The van der Waals surface area contributed by atoms with Crippen molar-refractivity contribution in [2.24, 2.45) is 0 Å². The van der Waals surface area contributed by atoms with E-state index >= 15 is 0 Å². The molecule has 1 N–H and O–H groups in total. The predicted molar refractivity (Wildman–Crippen MR) is 65.1 cm³/mol. The second kappa shape index (κ2) is 3.64. The highest BCUT2D eigenvalue weighted by Gasteiger charge is 2.01. The average molecular weight is 230 g/mol. The number of nitrogens with one attached hydrogen (secondary N) is 1. The molecule has 80 valence electrons. The van der Waals surface area contributed by atoms with Gasteiger partial charge in [0.05, 0.1) is 0 Å². The number of pyridine rings is 1. The fourth-order valence-corrected chi connectivity index (χ4v) is 2.49. The first-order valence-electron chi connectivity index (χ1n) is 5.03. The van der Waals surface area contributed by atoms with Crippen LogP contribution >= 0.6 is 11.3 Å². The molecule has 3 aromatic heterocycles. The highest BCUT2D eigenvalue weighted by molar-refractivity contribution is 7.09. The number of nitrogens with zero attached hydrogens (tertiary/aromatic N) is 1. The summed E-state index contributed by atoms with van der Waals surface area (Å²) >= 11 is 1.74. The molecule has 0 bridgehead atoms. The fourth-order valence-electron chi connectivity index (χ4n) is 1.76. The van der Waals surface area contributed by atoms with E-state index in [0.717, 1.165) is 17.8 Å². The molecule has 0 aromatic carbocycles. The summed E-state index contributed by atoms with van der Waals surface area (Å²) in [5.41, 5.74) is 2.00. The van der Waals surface area contributed by atoms with Crippen molar-refractivity contribution in [1.29, 1.82) is 0 Å². The van der Waals surface area contributed by atoms with Gasteiger partial charge in [-0.05, 0) is 11.4 Å². The summed E-state index contributed by atoms with van der Waals surface area (Å²) < 4.78 is 1.93. The van der Waals surface area contributed by atoms with Crippen molar-refractivity contribution in [3.63, 3.8) is 0 Å². The minimum atomic E-state index is 0.0320. The molecule has 0 radical (unpaired) electrons. The van der Waals surface area contributed by atoms with Crippen LogP contribution in [-0.4, -0.2) is 9.38 Å². The number of fused-ring (bicyclic) bond motifs is 1. The molecule has 16 heavy (non-hydrogen) atoms. The summed E-state index contributed by atoms with van der Waals surface area (Å²) in [6.45, 7) is 0. The van der Waals surface area contributed by atoms with Crippen LogP contribution in [0.3, 0.4) is 0 Å². The summed E-state index contributed by atoms with van der Waals surface area (Å²) in [4.78, 5) is 15.7. The van der Waals surface area contributed by atoms with Crippen LogP contribution in [0.25, 0.3) is 5.65 Å². The van der Waals surface area contributed by atoms with Gasteiger partial charge in [-0.3, -0.25) is 4.79 Å². The second-order valence-corrected chi connectivity index (χ2v) is 4.72. The van der Waals surface area contributed by atoms with Gasteiger partial charge in [0.2, 0.25) is 0 Å². The summed E-state index contributed by atoms with van der Waals surface area (Å²) in [6, 6.07) is 7.33. The largest absolute Gasteiger partial charge is 0.343 e. The van der Waals surface area contributed by atoms with E-state index in [9.17, 15) is 4.79 Å². The summed E-state index contributed by atoms with van der Waals surface area (Å²) in [6.07, 6.45) is 4.69. The Hall–Kier alpha value is -1.81. The third-order valence-corrected chi connectivity index (χ3v) is 3.36. The van der Waals surface area contributed by atoms with Crippen LogP contribution in [0, 0.1) is 0 Å². The number of thiophene rings is 1. The number of hydrogen-bond acceptors (Lipinski definition) is 2. The van der Waals surface area contributed by atoms with Crippen LogP contribution in [0.15, 0.2) is 46.8 Å². The first-order chi connectivity index (χ1) is 7.81. The molecule has 4 heteroatoms. The zero-order valence-electron chi connectivity index (χ0n) is 8.51. The van der Waals surface area contributed by atoms with E-state index in [1.807, 2.05) is 16.7 Å². The Bertz CT molecular complexity index is 664. The number of aromatic nitrogens is 2. The highest BCUT2D eigenvalue weighted by atomic mass is 32.1. The third kappa shape index (κ3) is 1.67. The maximum absolute atomic E-state index is 11.2. The lowest BCUT2D eigenvalue weighted by Crippen LogP contribution is -1.97. The zero-order chi connectivity index (χ0) is 11.0. The van der Waals surface area contributed by atoms with Gasteiger partial charge in [-0.25, -0.2) is 0 Å². The second-order valence-electron chi connectivity index (χ2n) is 3.69. The molecule has 0 aliphatic carbocycles. The lowest BCUT2D eigenvalue weighted by molar-refractivity contribution is 1.14. The Morgan fingerprint density at radius 2 is 2.31 bits per heavy atom. The van der Waals surface area contributed by atoms with Crippen molar-refractivity contribution in [1.82, 2.24) is 9.38 Å². The molecule has 0 fully saturated rings. The van der Waals surface area contributed by atoms with Crippen molar-refractivity contribution in [3.8, 4) is 0 Å². The Morgan fingerprint density at radius 1 is 1.38 bits per heavy atom. The maximum atomic E-state index is 11.2. The first kappa shape index (κ1) is 9.42. The van der Waals surface area contributed by atoms with Crippen molar-refractivity contribution in [3.05, 3.63) is 62.8 Å². The van der Waals surface area contributed by atoms with Crippen molar-refractivity contribution >= 4 is 17.0 Å². The van der Waals surface area contributed by atoms with E-state index in [1.165, 1.54) is 4.88 Å². The average Bonchev–Trinajstić information content (AvgIpc) is 2.86. The van der Waals surface area contributed by atoms with Gasteiger partial charge in [-0.2, -0.15) is 0 Å². The Balaban J connectivity index is 2.02. The molecule has 3 heterocycles. The molecule has 3 nitrogen and oxygen atoms in total. The van der Waals surface area contributed by atoms with Crippen LogP contribution < -0.4 is 5.43 Å².